The Kier molecular flexibility index (Phi) is 2.94. The zero-order valence-corrected chi connectivity index (χ0v) is 10.8. The summed E-state index contributed by atoms with van der Waals surface area (Å²) in [5.41, 5.74) is 7.35. The summed E-state index contributed by atoms with van der Waals surface area (Å²) < 4.78 is 16.1. The number of anilines is 1. The van der Waals surface area contributed by atoms with Crippen LogP contribution < -0.4 is 10.6 Å². The second-order valence-corrected chi connectivity index (χ2v) is 4.83. The van der Waals surface area contributed by atoms with E-state index in [1.165, 1.54) is 6.07 Å². The molecule has 1 aromatic heterocycles. The Balaban J connectivity index is 2.00. The molecule has 3 rings (SSSR count). The average molecular weight is 261 g/mol. The SMILES string of the molecule is C[C@@H](N)c1cccc(F)c1N1CCn2cnnc2C1. The summed E-state index contributed by atoms with van der Waals surface area (Å²) in [5.74, 6) is 0.618. The minimum Gasteiger partial charge on any atom is -0.360 e. The van der Waals surface area contributed by atoms with Crippen LogP contribution in [0, 0.1) is 5.82 Å². The van der Waals surface area contributed by atoms with Crippen LogP contribution in [0.5, 0.6) is 0 Å². The lowest BCUT2D eigenvalue weighted by atomic mass is 10.0. The largest absolute Gasteiger partial charge is 0.360 e. The van der Waals surface area contributed by atoms with Crippen molar-refractivity contribution < 1.29 is 4.39 Å². The third-order valence-corrected chi connectivity index (χ3v) is 3.46. The second-order valence-electron chi connectivity index (χ2n) is 4.83. The van der Waals surface area contributed by atoms with Crippen LogP contribution >= 0.6 is 0 Å². The van der Waals surface area contributed by atoms with E-state index in [-0.39, 0.29) is 11.9 Å². The molecule has 19 heavy (non-hydrogen) atoms. The van der Waals surface area contributed by atoms with Crippen LogP contribution in [0.15, 0.2) is 24.5 Å². The number of nitrogens with two attached hydrogens (primary N) is 1. The molecule has 0 spiro atoms. The number of hydrogen-bond acceptors (Lipinski definition) is 4. The van der Waals surface area contributed by atoms with Crippen molar-refractivity contribution >= 4 is 5.69 Å². The van der Waals surface area contributed by atoms with Crippen molar-refractivity contribution in [1.29, 1.82) is 0 Å². The molecule has 100 valence electrons. The molecule has 0 saturated heterocycles. The standard InChI is InChI=1S/C13H16FN5/c1-9(15)10-3-2-4-11(14)13(10)18-5-6-19-8-16-17-12(19)7-18/h2-4,8-9H,5-7,15H2,1H3/t9-/m1/s1. The van der Waals surface area contributed by atoms with Gasteiger partial charge in [0.2, 0.25) is 0 Å². The van der Waals surface area contributed by atoms with E-state index in [9.17, 15) is 4.39 Å². The molecular formula is C13H16FN5. The lowest BCUT2D eigenvalue weighted by Crippen LogP contribution is -2.35. The van der Waals surface area contributed by atoms with Gasteiger partial charge in [-0.1, -0.05) is 12.1 Å². The Morgan fingerprint density at radius 3 is 3.00 bits per heavy atom. The summed E-state index contributed by atoms with van der Waals surface area (Å²) in [5, 5.41) is 7.93. The van der Waals surface area contributed by atoms with Crippen molar-refractivity contribution in [2.45, 2.75) is 26.1 Å². The first kappa shape index (κ1) is 12.1. The van der Waals surface area contributed by atoms with E-state index in [0.717, 1.165) is 24.5 Å². The molecule has 0 amide bonds. The molecule has 1 aliphatic heterocycles. The predicted octanol–water partition coefficient (Wildman–Crippen LogP) is 1.46. The number of hydrogen-bond donors (Lipinski definition) is 1. The molecule has 0 aliphatic carbocycles. The van der Waals surface area contributed by atoms with Gasteiger partial charge >= 0.3 is 0 Å². The fourth-order valence-electron chi connectivity index (χ4n) is 2.49. The Hall–Kier alpha value is -1.95. The first-order chi connectivity index (χ1) is 9.16. The second kappa shape index (κ2) is 4.62. The number of halogens is 1. The fraction of sp³-hybridized carbons (Fsp3) is 0.385. The van der Waals surface area contributed by atoms with Crippen LogP contribution in [0.4, 0.5) is 10.1 Å². The molecular weight excluding hydrogens is 245 g/mol. The van der Waals surface area contributed by atoms with Gasteiger partial charge in [-0.15, -0.1) is 10.2 Å². The molecule has 2 aromatic rings. The molecule has 0 fully saturated rings. The number of para-hydroxylation sites is 1. The molecule has 2 heterocycles. The summed E-state index contributed by atoms with van der Waals surface area (Å²) in [6, 6.07) is 4.85. The molecule has 0 bridgehead atoms. The van der Waals surface area contributed by atoms with Crippen molar-refractivity contribution in [2.75, 3.05) is 11.4 Å². The highest BCUT2D eigenvalue weighted by atomic mass is 19.1. The number of fused-ring (bicyclic) bond motifs is 1. The Labute approximate surface area is 110 Å². The Bertz CT molecular complexity index is 592. The van der Waals surface area contributed by atoms with Gasteiger partial charge in [-0.05, 0) is 18.6 Å². The van der Waals surface area contributed by atoms with E-state index in [1.807, 2.05) is 22.5 Å². The smallest absolute Gasteiger partial charge is 0.152 e. The summed E-state index contributed by atoms with van der Waals surface area (Å²) >= 11 is 0. The number of rotatable bonds is 2. The van der Waals surface area contributed by atoms with Crippen LogP contribution in [-0.4, -0.2) is 21.3 Å². The molecule has 0 unspecified atom stereocenters. The molecule has 5 nitrogen and oxygen atoms in total. The first-order valence-corrected chi connectivity index (χ1v) is 6.32. The van der Waals surface area contributed by atoms with E-state index in [2.05, 4.69) is 10.2 Å². The molecule has 1 aromatic carbocycles. The number of nitrogens with zero attached hydrogens (tertiary/aromatic N) is 4. The van der Waals surface area contributed by atoms with Crippen molar-refractivity contribution in [3.05, 3.63) is 41.7 Å². The quantitative estimate of drug-likeness (QED) is 0.889. The molecule has 1 atom stereocenters. The third kappa shape index (κ3) is 2.08. The van der Waals surface area contributed by atoms with Gasteiger partial charge in [0.15, 0.2) is 5.82 Å². The van der Waals surface area contributed by atoms with Crippen molar-refractivity contribution in [2.24, 2.45) is 5.73 Å². The molecule has 0 radical (unpaired) electrons. The summed E-state index contributed by atoms with van der Waals surface area (Å²) in [7, 11) is 0. The zero-order chi connectivity index (χ0) is 13.4. The summed E-state index contributed by atoms with van der Waals surface area (Å²) in [6.45, 7) is 3.91. The lowest BCUT2D eigenvalue weighted by molar-refractivity contribution is 0.540. The normalized spacial score (nSPS) is 16.3. The van der Waals surface area contributed by atoms with Crippen molar-refractivity contribution in [3.8, 4) is 0 Å². The highest BCUT2D eigenvalue weighted by molar-refractivity contribution is 5.56. The topological polar surface area (TPSA) is 60.0 Å². The average Bonchev–Trinajstić information content (AvgIpc) is 2.85. The first-order valence-electron chi connectivity index (χ1n) is 6.32. The molecule has 6 heteroatoms. The third-order valence-electron chi connectivity index (χ3n) is 3.46. The summed E-state index contributed by atoms with van der Waals surface area (Å²) in [4.78, 5) is 1.98. The van der Waals surface area contributed by atoms with E-state index >= 15 is 0 Å². The Morgan fingerprint density at radius 1 is 1.37 bits per heavy atom. The zero-order valence-electron chi connectivity index (χ0n) is 10.8. The van der Waals surface area contributed by atoms with Crippen LogP contribution in [0.3, 0.4) is 0 Å². The van der Waals surface area contributed by atoms with Gasteiger partial charge < -0.3 is 15.2 Å². The molecule has 2 N–H and O–H groups in total. The van der Waals surface area contributed by atoms with E-state index in [0.29, 0.717) is 12.2 Å². The van der Waals surface area contributed by atoms with Gasteiger partial charge in [0, 0.05) is 19.1 Å². The van der Waals surface area contributed by atoms with Crippen LogP contribution in [-0.2, 0) is 13.1 Å². The fourth-order valence-corrected chi connectivity index (χ4v) is 2.49. The monoisotopic (exact) mass is 261 g/mol. The van der Waals surface area contributed by atoms with E-state index in [4.69, 9.17) is 5.73 Å². The van der Waals surface area contributed by atoms with E-state index in [1.54, 1.807) is 12.4 Å². The maximum absolute atomic E-state index is 14.2. The van der Waals surface area contributed by atoms with Gasteiger partial charge in [0.1, 0.15) is 12.1 Å². The summed E-state index contributed by atoms with van der Waals surface area (Å²) in [6.07, 6.45) is 1.71. The van der Waals surface area contributed by atoms with Gasteiger partial charge in [0.25, 0.3) is 0 Å². The Morgan fingerprint density at radius 2 is 2.21 bits per heavy atom. The highest BCUT2D eigenvalue weighted by Crippen LogP contribution is 2.30. The number of aromatic nitrogens is 3. The van der Waals surface area contributed by atoms with E-state index < -0.39 is 0 Å². The maximum Gasteiger partial charge on any atom is 0.152 e. The predicted molar refractivity (Wildman–Crippen MR) is 70.1 cm³/mol. The minimum absolute atomic E-state index is 0.203. The lowest BCUT2D eigenvalue weighted by Gasteiger charge is -2.31. The van der Waals surface area contributed by atoms with Gasteiger partial charge in [-0.25, -0.2) is 4.39 Å². The van der Waals surface area contributed by atoms with Crippen molar-refractivity contribution in [3.63, 3.8) is 0 Å². The number of benzene rings is 1. The van der Waals surface area contributed by atoms with Gasteiger partial charge in [-0.3, -0.25) is 0 Å². The molecule has 1 aliphatic rings. The van der Waals surface area contributed by atoms with Crippen LogP contribution in [0.1, 0.15) is 24.4 Å². The van der Waals surface area contributed by atoms with Crippen molar-refractivity contribution in [1.82, 2.24) is 14.8 Å². The highest BCUT2D eigenvalue weighted by Gasteiger charge is 2.23. The maximum atomic E-state index is 14.2. The van der Waals surface area contributed by atoms with Gasteiger partial charge in [0.05, 0.1) is 12.2 Å². The minimum atomic E-state index is -0.234. The van der Waals surface area contributed by atoms with Gasteiger partial charge in [-0.2, -0.15) is 0 Å². The van der Waals surface area contributed by atoms with Crippen LogP contribution in [0.25, 0.3) is 0 Å². The molecule has 0 saturated carbocycles. The van der Waals surface area contributed by atoms with Crippen LogP contribution in [0.2, 0.25) is 0 Å².